The molecule has 0 heterocycles. The lowest BCUT2D eigenvalue weighted by molar-refractivity contribution is -0.115. The number of hydrogen-bond donors (Lipinski definition) is 3. The Morgan fingerprint density at radius 2 is 2.00 bits per heavy atom. The molecule has 0 aliphatic rings. The number of hydrogen-bond acceptors (Lipinski definition) is 3. The fourth-order valence-electron chi connectivity index (χ4n) is 1.06. The first-order valence-corrected chi connectivity index (χ1v) is 4.40. The summed E-state index contributed by atoms with van der Waals surface area (Å²) in [7, 11) is 0. The minimum Gasteiger partial charge on any atom is -0.508 e. The first-order chi connectivity index (χ1) is 7.02. The quantitative estimate of drug-likeness (QED) is 0.702. The number of nitrogens with one attached hydrogen (secondary N) is 1. The van der Waals surface area contributed by atoms with Crippen molar-refractivity contribution in [3.63, 3.8) is 0 Å². The minimum absolute atomic E-state index is 0.0681. The van der Waals surface area contributed by atoms with E-state index >= 15 is 0 Å². The Labute approximate surface area is 86.4 Å². The van der Waals surface area contributed by atoms with Gasteiger partial charge in [-0.2, -0.15) is 0 Å². The molecule has 15 heavy (non-hydrogen) atoms. The number of benzene rings is 1. The van der Waals surface area contributed by atoms with Crippen molar-refractivity contribution >= 4 is 17.6 Å². The molecule has 0 bridgehead atoms. The molecule has 0 saturated carbocycles. The molecule has 0 aliphatic heterocycles. The third-order valence-corrected chi connectivity index (χ3v) is 1.77. The normalized spacial score (nSPS) is 9.67. The average Bonchev–Trinajstić information content (AvgIpc) is 2.16. The number of phenolic OH excluding ortho intramolecular Hbond substituents is 1. The average molecular weight is 209 g/mol. The van der Waals surface area contributed by atoms with E-state index in [1.165, 1.54) is 12.1 Å². The van der Waals surface area contributed by atoms with Crippen molar-refractivity contribution in [3.05, 3.63) is 23.8 Å². The van der Waals surface area contributed by atoms with E-state index in [0.29, 0.717) is 0 Å². The highest BCUT2D eigenvalue weighted by atomic mass is 16.4. The maximum Gasteiger partial charge on any atom is 0.335 e. The van der Waals surface area contributed by atoms with Crippen LogP contribution in [0.3, 0.4) is 0 Å². The zero-order chi connectivity index (χ0) is 11.4. The highest BCUT2D eigenvalue weighted by Gasteiger charge is 2.07. The smallest absolute Gasteiger partial charge is 0.335 e. The molecule has 0 saturated heterocycles. The lowest BCUT2D eigenvalue weighted by atomic mass is 10.2. The molecule has 1 aromatic rings. The van der Waals surface area contributed by atoms with E-state index in [1.54, 1.807) is 6.92 Å². The third kappa shape index (κ3) is 2.98. The number of phenols is 1. The molecule has 0 aromatic heterocycles. The fourth-order valence-corrected chi connectivity index (χ4v) is 1.06. The fraction of sp³-hybridized carbons (Fsp3) is 0.200. The summed E-state index contributed by atoms with van der Waals surface area (Å²) in [5.41, 5.74) is 0.209. The van der Waals surface area contributed by atoms with Gasteiger partial charge in [-0.15, -0.1) is 0 Å². The van der Waals surface area contributed by atoms with Crippen LogP contribution < -0.4 is 5.32 Å². The van der Waals surface area contributed by atoms with Gasteiger partial charge in [0.15, 0.2) is 0 Å². The van der Waals surface area contributed by atoms with Gasteiger partial charge in [0.25, 0.3) is 0 Å². The van der Waals surface area contributed by atoms with Gasteiger partial charge in [-0.1, -0.05) is 6.92 Å². The zero-order valence-electron chi connectivity index (χ0n) is 8.15. The van der Waals surface area contributed by atoms with Crippen LogP contribution in [0.25, 0.3) is 0 Å². The van der Waals surface area contributed by atoms with Crippen molar-refractivity contribution in [2.45, 2.75) is 13.3 Å². The number of anilines is 1. The molecule has 3 N–H and O–H groups in total. The van der Waals surface area contributed by atoms with E-state index in [2.05, 4.69) is 5.32 Å². The summed E-state index contributed by atoms with van der Waals surface area (Å²) in [5.74, 6) is -1.59. The van der Waals surface area contributed by atoms with Gasteiger partial charge in [-0.25, -0.2) is 4.79 Å². The molecule has 0 radical (unpaired) electrons. The number of carbonyl (C=O) groups excluding carboxylic acids is 1. The lowest BCUT2D eigenvalue weighted by Crippen LogP contribution is -2.10. The van der Waals surface area contributed by atoms with Crippen LogP contribution in [-0.4, -0.2) is 22.1 Å². The van der Waals surface area contributed by atoms with Crippen LogP contribution in [0.2, 0.25) is 0 Å². The second-order valence-electron chi connectivity index (χ2n) is 2.98. The summed E-state index contributed by atoms with van der Waals surface area (Å²) in [6.45, 7) is 1.68. The van der Waals surface area contributed by atoms with Gasteiger partial charge in [0, 0.05) is 18.2 Å². The van der Waals surface area contributed by atoms with Crippen molar-refractivity contribution in [1.29, 1.82) is 0 Å². The van der Waals surface area contributed by atoms with Gasteiger partial charge >= 0.3 is 5.97 Å². The molecule has 5 nitrogen and oxygen atoms in total. The molecule has 1 amide bonds. The Morgan fingerprint density at radius 1 is 1.33 bits per heavy atom. The van der Waals surface area contributed by atoms with Gasteiger partial charge in [0.2, 0.25) is 5.91 Å². The summed E-state index contributed by atoms with van der Waals surface area (Å²) in [6.07, 6.45) is 0.290. The van der Waals surface area contributed by atoms with Gasteiger partial charge in [-0.05, 0) is 12.1 Å². The van der Waals surface area contributed by atoms with Gasteiger partial charge in [-0.3, -0.25) is 4.79 Å². The molecule has 0 fully saturated rings. The largest absolute Gasteiger partial charge is 0.508 e. The van der Waals surface area contributed by atoms with Crippen LogP contribution in [0.15, 0.2) is 18.2 Å². The van der Waals surface area contributed by atoms with Gasteiger partial charge in [0.05, 0.1) is 5.56 Å². The molecule has 0 spiro atoms. The maximum absolute atomic E-state index is 11.0. The number of aromatic hydroxyl groups is 1. The Kier molecular flexibility index (Phi) is 3.28. The summed E-state index contributed by atoms with van der Waals surface area (Å²) >= 11 is 0. The number of rotatable bonds is 3. The van der Waals surface area contributed by atoms with Crippen molar-refractivity contribution in [1.82, 2.24) is 0 Å². The molecule has 0 aliphatic carbocycles. The Balaban J connectivity index is 2.98. The number of carboxylic acid groups (broad SMARTS) is 1. The van der Waals surface area contributed by atoms with E-state index in [-0.39, 0.29) is 29.3 Å². The molecular formula is C10H11NO4. The van der Waals surface area contributed by atoms with Crippen LogP contribution in [0.5, 0.6) is 5.75 Å². The highest BCUT2D eigenvalue weighted by Crippen LogP contribution is 2.19. The van der Waals surface area contributed by atoms with Crippen molar-refractivity contribution in [2.24, 2.45) is 0 Å². The van der Waals surface area contributed by atoms with Crippen molar-refractivity contribution in [2.75, 3.05) is 5.32 Å². The van der Waals surface area contributed by atoms with Crippen molar-refractivity contribution in [3.8, 4) is 5.75 Å². The number of carboxylic acids is 1. The number of aromatic carboxylic acids is 1. The summed E-state index contributed by atoms with van der Waals surface area (Å²) in [6, 6.07) is 3.69. The van der Waals surface area contributed by atoms with E-state index in [9.17, 15) is 14.7 Å². The predicted octanol–water partition coefficient (Wildman–Crippen LogP) is 1.44. The molecule has 80 valence electrons. The summed E-state index contributed by atoms with van der Waals surface area (Å²) in [5, 5.41) is 20.4. The SMILES string of the molecule is CCC(=O)Nc1cc(O)cc(C(=O)O)c1. The van der Waals surface area contributed by atoms with Crippen LogP contribution in [0.4, 0.5) is 5.69 Å². The number of amides is 1. The summed E-state index contributed by atoms with van der Waals surface area (Å²) in [4.78, 5) is 21.7. The van der Waals surface area contributed by atoms with E-state index in [1.807, 2.05) is 0 Å². The van der Waals surface area contributed by atoms with Gasteiger partial charge < -0.3 is 15.5 Å². The first-order valence-electron chi connectivity index (χ1n) is 4.40. The number of carbonyl (C=O) groups is 2. The highest BCUT2D eigenvalue weighted by molar-refractivity contribution is 5.94. The van der Waals surface area contributed by atoms with Crippen LogP contribution in [0, 0.1) is 0 Å². The maximum atomic E-state index is 11.0. The van der Waals surface area contributed by atoms with Crippen LogP contribution in [-0.2, 0) is 4.79 Å². The van der Waals surface area contributed by atoms with Crippen molar-refractivity contribution < 1.29 is 19.8 Å². The molecule has 0 unspecified atom stereocenters. The van der Waals surface area contributed by atoms with E-state index < -0.39 is 5.97 Å². The second-order valence-corrected chi connectivity index (χ2v) is 2.98. The molecule has 0 atom stereocenters. The molecule has 1 rings (SSSR count). The van der Waals surface area contributed by atoms with Gasteiger partial charge in [0.1, 0.15) is 5.75 Å². The Bertz CT molecular complexity index is 400. The molecule has 5 heteroatoms. The zero-order valence-corrected chi connectivity index (χ0v) is 8.15. The Morgan fingerprint density at radius 3 is 2.53 bits per heavy atom. The monoisotopic (exact) mass is 209 g/mol. The van der Waals surface area contributed by atoms with E-state index in [4.69, 9.17) is 5.11 Å². The lowest BCUT2D eigenvalue weighted by Gasteiger charge is -2.05. The standard InChI is InChI=1S/C10H11NO4/c1-2-9(13)11-7-3-6(10(14)15)4-8(12)5-7/h3-5,12H,2H2,1H3,(H,11,13)(H,14,15). The third-order valence-electron chi connectivity index (χ3n) is 1.77. The summed E-state index contributed by atoms with van der Waals surface area (Å²) < 4.78 is 0. The Hall–Kier alpha value is -2.04. The second kappa shape index (κ2) is 4.45. The molecular weight excluding hydrogens is 198 g/mol. The van der Waals surface area contributed by atoms with E-state index in [0.717, 1.165) is 6.07 Å². The minimum atomic E-state index is -1.15. The molecule has 1 aromatic carbocycles. The first kappa shape index (κ1) is 11.0. The topological polar surface area (TPSA) is 86.6 Å². The predicted molar refractivity (Wildman–Crippen MR) is 54.0 cm³/mol. The van der Waals surface area contributed by atoms with Crippen LogP contribution >= 0.6 is 0 Å². The van der Waals surface area contributed by atoms with Crippen LogP contribution in [0.1, 0.15) is 23.7 Å².